The molecule has 1 aromatic heterocycles. The minimum absolute atomic E-state index is 0.0445. The number of H-pyrrole nitrogens is 1. The molecule has 51 heavy (non-hydrogen) atoms. The highest BCUT2D eigenvalue weighted by Gasteiger charge is 2.41. The van der Waals surface area contributed by atoms with E-state index in [4.69, 9.17) is 0 Å². The van der Waals surface area contributed by atoms with Gasteiger partial charge in [-0.2, -0.15) is 0 Å². The molecule has 286 valence electrons. The van der Waals surface area contributed by atoms with Gasteiger partial charge in [-0.3, -0.25) is 14.6 Å². The molecular formula is C45H75N5O. The lowest BCUT2D eigenvalue weighted by molar-refractivity contribution is -0.134. The van der Waals surface area contributed by atoms with Crippen LogP contribution < -0.4 is 5.32 Å². The van der Waals surface area contributed by atoms with Gasteiger partial charge in [0.25, 0.3) is 0 Å². The van der Waals surface area contributed by atoms with E-state index in [9.17, 15) is 4.79 Å². The normalized spacial score (nSPS) is 24.5. The van der Waals surface area contributed by atoms with Crippen molar-refractivity contribution in [1.29, 1.82) is 0 Å². The van der Waals surface area contributed by atoms with Crippen molar-refractivity contribution in [2.24, 2.45) is 11.8 Å². The fourth-order valence-electron chi connectivity index (χ4n) is 10.3. The number of nitrogens with zero attached hydrogens (tertiary/aromatic N) is 3. The number of benzene rings is 1. The number of carbonyl (C=O) groups is 1. The number of likely N-dealkylation sites (N-methyl/N-ethyl adjacent to an activating group) is 1. The van der Waals surface area contributed by atoms with Gasteiger partial charge in [-0.1, -0.05) is 89.3 Å². The van der Waals surface area contributed by atoms with Gasteiger partial charge >= 0.3 is 0 Å². The van der Waals surface area contributed by atoms with Crippen LogP contribution in [-0.4, -0.2) is 88.5 Å². The topological polar surface area (TPSA) is 54.6 Å². The average Bonchev–Trinajstić information content (AvgIpc) is 3.74. The van der Waals surface area contributed by atoms with E-state index in [1.54, 1.807) is 0 Å². The smallest absolute Gasteiger partial charge is 0.230 e. The number of hydrogen-bond acceptors (Lipinski definition) is 4. The first-order chi connectivity index (χ1) is 24.4. The van der Waals surface area contributed by atoms with E-state index in [2.05, 4.69) is 106 Å². The Morgan fingerprint density at radius 1 is 0.882 bits per heavy atom. The van der Waals surface area contributed by atoms with Crippen molar-refractivity contribution in [1.82, 2.24) is 25.0 Å². The van der Waals surface area contributed by atoms with E-state index < -0.39 is 0 Å². The summed E-state index contributed by atoms with van der Waals surface area (Å²) in [5.41, 5.74) is 5.77. The van der Waals surface area contributed by atoms with Crippen molar-refractivity contribution in [3.63, 3.8) is 0 Å². The molecule has 1 aromatic carbocycles. The van der Waals surface area contributed by atoms with Gasteiger partial charge in [0.05, 0.1) is 5.92 Å². The quantitative estimate of drug-likeness (QED) is 0.182. The van der Waals surface area contributed by atoms with Crippen molar-refractivity contribution in [2.45, 2.75) is 168 Å². The zero-order valence-corrected chi connectivity index (χ0v) is 34.1. The van der Waals surface area contributed by atoms with E-state index in [1.807, 2.05) is 4.90 Å². The van der Waals surface area contributed by atoms with Gasteiger partial charge < -0.3 is 15.2 Å². The number of unbranched alkanes of at least 4 members (excludes halogenated alkanes) is 9. The fraction of sp³-hybridized carbons (Fsp3) is 0.756. The van der Waals surface area contributed by atoms with Crippen LogP contribution in [0.3, 0.4) is 0 Å². The Morgan fingerprint density at radius 2 is 1.53 bits per heavy atom. The minimum atomic E-state index is -0.0445. The molecule has 2 saturated heterocycles. The number of aromatic nitrogens is 1. The van der Waals surface area contributed by atoms with Crippen LogP contribution in [0.15, 0.2) is 30.5 Å². The predicted molar refractivity (Wildman–Crippen MR) is 218 cm³/mol. The van der Waals surface area contributed by atoms with Gasteiger partial charge in [0.2, 0.25) is 5.91 Å². The number of rotatable bonds is 15. The molecular weight excluding hydrogens is 627 g/mol. The highest BCUT2D eigenvalue weighted by Crippen LogP contribution is 2.41. The molecule has 1 unspecified atom stereocenters. The SMILES string of the molecule is CCCCCCCCCCCCC1CCN(C2CC(C)(C)NC(C)(C)C2)C1.CCN(CC)C(=O)[C@@H]1C=C2c3cccc4[nH]cc(c34)C[C@H]2N(C)C1. The van der Waals surface area contributed by atoms with Crippen LogP contribution in [0.4, 0.5) is 0 Å². The van der Waals surface area contributed by atoms with Crippen LogP contribution in [0.5, 0.6) is 0 Å². The molecule has 0 bridgehead atoms. The molecule has 2 fully saturated rings. The first-order valence-electron chi connectivity index (χ1n) is 21.3. The second kappa shape index (κ2) is 18.3. The Labute approximate surface area is 312 Å². The van der Waals surface area contributed by atoms with Gasteiger partial charge in [-0.15, -0.1) is 0 Å². The van der Waals surface area contributed by atoms with Crippen molar-refractivity contribution in [3.8, 4) is 0 Å². The van der Waals surface area contributed by atoms with E-state index in [0.29, 0.717) is 6.04 Å². The molecule has 6 heteroatoms. The molecule has 4 aliphatic rings. The van der Waals surface area contributed by atoms with Crippen LogP contribution >= 0.6 is 0 Å². The van der Waals surface area contributed by atoms with E-state index >= 15 is 0 Å². The Bertz CT molecular complexity index is 1400. The third-order valence-corrected chi connectivity index (χ3v) is 12.6. The lowest BCUT2D eigenvalue weighted by Crippen LogP contribution is -2.62. The maximum absolute atomic E-state index is 12.9. The molecule has 1 aliphatic carbocycles. The van der Waals surface area contributed by atoms with Gasteiger partial charge in [-0.05, 0) is 116 Å². The number of fused-ring (bicyclic) bond motifs is 2. The molecule has 6 rings (SSSR count). The number of nitrogens with one attached hydrogen (secondary N) is 2. The van der Waals surface area contributed by atoms with E-state index in [-0.39, 0.29) is 22.9 Å². The summed E-state index contributed by atoms with van der Waals surface area (Å²) in [6, 6.07) is 7.61. The summed E-state index contributed by atoms with van der Waals surface area (Å²) >= 11 is 0. The molecule has 0 radical (unpaired) electrons. The van der Waals surface area contributed by atoms with Crippen molar-refractivity contribution in [2.75, 3.05) is 39.8 Å². The molecule has 1 amide bonds. The second-order valence-corrected chi connectivity index (χ2v) is 18.0. The molecule has 3 atom stereocenters. The summed E-state index contributed by atoms with van der Waals surface area (Å²) in [6.07, 6.45) is 25.5. The van der Waals surface area contributed by atoms with Crippen LogP contribution in [0.2, 0.25) is 0 Å². The van der Waals surface area contributed by atoms with Gasteiger partial charge in [0.1, 0.15) is 0 Å². The van der Waals surface area contributed by atoms with Crippen molar-refractivity contribution < 1.29 is 4.79 Å². The maximum Gasteiger partial charge on any atom is 0.230 e. The molecule has 0 saturated carbocycles. The van der Waals surface area contributed by atoms with Crippen molar-refractivity contribution in [3.05, 3.63) is 41.6 Å². The zero-order valence-electron chi connectivity index (χ0n) is 34.1. The van der Waals surface area contributed by atoms with Crippen LogP contribution in [-0.2, 0) is 11.2 Å². The number of hydrogen-bond donors (Lipinski definition) is 2. The van der Waals surface area contributed by atoms with Gasteiger partial charge in [0.15, 0.2) is 0 Å². The van der Waals surface area contributed by atoms with E-state index in [1.165, 1.54) is 131 Å². The minimum Gasteiger partial charge on any atom is -0.361 e. The number of likely N-dealkylation sites (tertiary alicyclic amines) is 1. The average molecular weight is 702 g/mol. The van der Waals surface area contributed by atoms with Crippen LogP contribution in [0.25, 0.3) is 16.5 Å². The van der Waals surface area contributed by atoms with E-state index in [0.717, 1.165) is 38.0 Å². The summed E-state index contributed by atoms with van der Waals surface area (Å²) in [4.78, 5) is 23.4. The monoisotopic (exact) mass is 702 g/mol. The predicted octanol–water partition coefficient (Wildman–Crippen LogP) is 9.83. The fourth-order valence-corrected chi connectivity index (χ4v) is 10.3. The van der Waals surface area contributed by atoms with Crippen LogP contribution in [0.1, 0.15) is 149 Å². The van der Waals surface area contributed by atoms with Gasteiger partial charge in [0, 0.05) is 66.4 Å². The summed E-state index contributed by atoms with van der Waals surface area (Å²) in [6.45, 7) is 21.0. The summed E-state index contributed by atoms with van der Waals surface area (Å²) in [7, 11) is 2.15. The third-order valence-electron chi connectivity index (χ3n) is 12.6. The molecule has 3 aliphatic heterocycles. The summed E-state index contributed by atoms with van der Waals surface area (Å²) < 4.78 is 0. The lowest BCUT2D eigenvalue weighted by atomic mass is 9.79. The lowest BCUT2D eigenvalue weighted by Gasteiger charge is -2.49. The largest absolute Gasteiger partial charge is 0.361 e. The zero-order chi connectivity index (χ0) is 36.6. The standard InChI is InChI=1S/C25H50N2.C20H25N3O/c1-6-7-8-9-10-11-12-13-14-15-16-22-17-18-27(21-22)23-19-24(2,3)26-25(4,5)20-23;1-4-23(5-2)20(24)14-9-16-15-7-6-8-17-19(15)13(11-21-17)10-18(16)22(3)12-14/h22-23,26H,6-21H2,1-5H3;6-9,11,14,18,21H,4-5,10,12H2,1-3H3/t;14-,18-/m.1/s1. The molecule has 4 heterocycles. The maximum atomic E-state index is 12.9. The first kappa shape index (κ1) is 40.0. The summed E-state index contributed by atoms with van der Waals surface area (Å²) in [5.74, 6) is 1.18. The Hall–Kier alpha value is -2.15. The van der Waals surface area contributed by atoms with Gasteiger partial charge in [-0.25, -0.2) is 0 Å². The first-order valence-corrected chi connectivity index (χ1v) is 21.3. The number of amides is 1. The molecule has 0 spiro atoms. The highest BCUT2D eigenvalue weighted by molar-refractivity contribution is 5.99. The molecule has 6 nitrogen and oxygen atoms in total. The highest BCUT2D eigenvalue weighted by atomic mass is 16.2. The number of carbonyl (C=O) groups excluding carboxylic acids is 1. The van der Waals surface area contributed by atoms with Crippen molar-refractivity contribution >= 4 is 22.4 Å². The summed E-state index contributed by atoms with van der Waals surface area (Å²) in [5, 5.41) is 5.18. The molecule has 2 aromatic rings. The number of piperidine rings is 1. The third kappa shape index (κ3) is 10.5. The van der Waals surface area contributed by atoms with Crippen LogP contribution in [0, 0.1) is 11.8 Å². The Balaban J connectivity index is 0.000000199. The number of aromatic amines is 1. The second-order valence-electron chi connectivity index (χ2n) is 18.0. The Morgan fingerprint density at radius 3 is 2.18 bits per heavy atom. The molecule has 2 N–H and O–H groups in total. The Kier molecular flexibility index (Phi) is 14.3.